The van der Waals surface area contributed by atoms with E-state index in [0.29, 0.717) is 18.5 Å². The van der Waals surface area contributed by atoms with Crippen LogP contribution in [0.25, 0.3) is 0 Å². The van der Waals surface area contributed by atoms with Crippen LogP contribution in [-0.2, 0) is 4.79 Å². The predicted octanol–water partition coefficient (Wildman–Crippen LogP) is 1.06. The van der Waals surface area contributed by atoms with E-state index in [-0.39, 0.29) is 5.56 Å². The first-order chi connectivity index (χ1) is 8.95. The molecular formula is C13H18N2O4. The number of carboxylic acid groups (broad SMARTS) is 1. The smallest absolute Gasteiger partial charge is 0.326 e. The van der Waals surface area contributed by atoms with Crippen molar-refractivity contribution in [2.75, 3.05) is 0 Å². The van der Waals surface area contributed by atoms with E-state index in [1.54, 1.807) is 6.92 Å². The lowest BCUT2D eigenvalue weighted by atomic mass is 10.1. The van der Waals surface area contributed by atoms with Crippen LogP contribution in [-0.4, -0.2) is 28.0 Å². The Morgan fingerprint density at radius 1 is 1.47 bits per heavy atom. The molecule has 0 fully saturated rings. The maximum Gasteiger partial charge on any atom is 0.326 e. The van der Waals surface area contributed by atoms with Crippen molar-refractivity contribution in [3.63, 3.8) is 0 Å². The number of hydrogen-bond donors (Lipinski definition) is 3. The quantitative estimate of drug-likeness (QED) is 0.716. The number of nitrogens with one attached hydrogen (secondary N) is 2. The van der Waals surface area contributed by atoms with Crippen LogP contribution < -0.4 is 10.7 Å². The van der Waals surface area contributed by atoms with E-state index in [4.69, 9.17) is 5.11 Å². The lowest BCUT2D eigenvalue weighted by Crippen LogP contribution is -2.42. The Bertz CT molecular complexity index is 522. The summed E-state index contributed by atoms with van der Waals surface area (Å²) in [4.78, 5) is 37.2. The Kier molecular flexibility index (Phi) is 5.29. The molecule has 0 saturated carbocycles. The number of carbonyl (C=O) groups excluding carboxylic acids is 1. The molecule has 1 atom stereocenters. The van der Waals surface area contributed by atoms with E-state index in [2.05, 4.69) is 10.3 Å². The van der Waals surface area contributed by atoms with E-state index in [9.17, 15) is 14.4 Å². The zero-order valence-electron chi connectivity index (χ0n) is 11.0. The number of amides is 1. The van der Waals surface area contributed by atoms with Crippen molar-refractivity contribution in [1.29, 1.82) is 0 Å². The van der Waals surface area contributed by atoms with Gasteiger partial charge in [-0.15, -0.1) is 0 Å². The number of pyridine rings is 1. The third-order valence-electron chi connectivity index (χ3n) is 2.75. The zero-order chi connectivity index (χ0) is 14.4. The fraction of sp³-hybridized carbons (Fsp3) is 0.462. The number of rotatable bonds is 6. The van der Waals surface area contributed by atoms with E-state index in [1.165, 1.54) is 12.3 Å². The molecule has 19 heavy (non-hydrogen) atoms. The number of carbonyl (C=O) groups is 2. The summed E-state index contributed by atoms with van der Waals surface area (Å²) in [5, 5.41) is 11.4. The molecule has 0 aliphatic rings. The minimum atomic E-state index is -1.09. The van der Waals surface area contributed by atoms with Crippen molar-refractivity contribution < 1.29 is 14.7 Å². The Labute approximate surface area is 110 Å². The largest absolute Gasteiger partial charge is 0.480 e. The second-order valence-corrected chi connectivity index (χ2v) is 4.40. The number of aliphatic carboxylic acids is 1. The van der Waals surface area contributed by atoms with Gasteiger partial charge in [0, 0.05) is 18.0 Å². The average Bonchev–Trinajstić information content (AvgIpc) is 2.33. The lowest BCUT2D eigenvalue weighted by molar-refractivity contribution is -0.139. The molecule has 0 spiro atoms. The molecule has 1 unspecified atom stereocenters. The normalized spacial score (nSPS) is 11.9. The van der Waals surface area contributed by atoms with Gasteiger partial charge in [-0.1, -0.05) is 19.8 Å². The maximum atomic E-state index is 11.9. The van der Waals surface area contributed by atoms with Gasteiger partial charge in [-0.25, -0.2) is 4.79 Å². The number of aryl methyl sites for hydroxylation is 1. The Balaban J connectivity index is 2.81. The fourth-order valence-corrected chi connectivity index (χ4v) is 1.65. The van der Waals surface area contributed by atoms with E-state index in [1.807, 2.05) is 6.92 Å². The minimum Gasteiger partial charge on any atom is -0.480 e. The molecule has 6 nitrogen and oxygen atoms in total. The topological polar surface area (TPSA) is 99.3 Å². The summed E-state index contributed by atoms with van der Waals surface area (Å²) in [5.41, 5.74) is 0.143. The molecule has 0 bridgehead atoms. The third kappa shape index (κ3) is 4.24. The first kappa shape index (κ1) is 14.9. The number of aromatic amines is 1. The van der Waals surface area contributed by atoms with Crippen LogP contribution >= 0.6 is 0 Å². The van der Waals surface area contributed by atoms with E-state index < -0.39 is 23.3 Å². The molecule has 1 aromatic heterocycles. The van der Waals surface area contributed by atoms with Crippen LogP contribution in [0.2, 0.25) is 0 Å². The lowest BCUT2D eigenvalue weighted by Gasteiger charge is -2.13. The number of carboxylic acids is 1. The van der Waals surface area contributed by atoms with E-state index >= 15 is 0 Å². The number of hydrogen-bond acceptors (Lipinski definition) is 3. The second kappa shape index (κ2) is 6.72. The minimum absolute atomic E-state index is 0.0756. The van der Waals surface area contributed by atoms with Crippen LogP contribution in [0.5, 0.6) is 0 Å². The summed E-state index contributed by atoms with van der Waals surface area (Å²) in [6.45, 7) is 3.63. The van der Waals surface area contributed by atoms with Crippen molar-refractivity contribution in [3.8, 4) is 0 Å². The van der Waals surface area contributed by atoms with E-state index in [0.717, 1.165) is 6.42 Å². The summed E-state index contributed by atoms with van der Waals surface area (Å²) < 4.78 is 0. The van der Waals surface area contributed by atoms with Gasteiger partial charge in [0.1, 0.15) is 11.6 Å². The van der Waals surface area contributed by atoms with Crippen molar-refractivity contribution in [2.24, 2.45) is 0 Å². The second-order valence-electron chi connectivity index (χ2n) is 4.40. The number of aromatic nitrogens is 1. The zero-order valence-corrected chi connectivity index (χ0v) is 11.0. The van der Waals surface area contributed by atoms with Gasteiger partial charge in [0.25, 0.3) is 5.91 Å². The van der Waals surface area contributed by atoms with Crippen LogP contribution in [0.1, 0.15) is 42.2 Å². The molecule has 1 rings (SSSR count). The Hall–Kier alpha value is -2.11. The van der Waals surface area contributed by atoms with Crippen molar-refractivity contribution in [3.05, 3.63) is 33.7 Å². The van der Waals surface area contributed by atoms with Crippen LogP contribution in [0.3, 0.4) is 0 Å². The molecule has 6 heteroatoms. The fourth-order valence-electron chi connectivity index (χ4n) is 1.65. The van der Waals surface area contributed by atoms with Gasteiger partial charge in [0.05, 0.1) is 0 Å². The van der Waals surface area contributed by atoms with Crippen molar-refractivity contribution >= 4 is 11.9 Å². The van der Waals surface area contributed by atoms with Crippen molar-refractivity contribution in [1.82, 2.24) is 10.3 Å². The standard InChI is InChI=1S/C13H18N2O4/c1-3-4-5-10(13(18)19)15-12(17)9-7-14-8(2)6-11(9)16/h6-7,10H,3-5H2,1-2H3,(H,14,16)(H,15,17)(H,18,19). The van der Waals surface area contributed by atoms with Gasteiger partial charge in [0.2, 0.25) is 0 Å². The Morgan fingerprint density at radius 3 is 2.68 bits per heavy atom. The van der Waals surface area contributed by atoms with Gasteiger partial charge in [0.15, 0.2) is 5.43 Å². The SMILES string of the molecule is CCCCC(NC(=O)c1c[nH]c(C)cc1=O)C(=O)O. The molecule has 104 valence electrons. The summed E-state index contributed by atoms with van der Waals surface area (Å²) in [7, 11) is 0. The van der Waals surface area contributed by atoms with Gasteiger partial charge in [-0.3, -0.25) is 9.59 Å². The highest BCUT2D eigenvalue weighted by Crippen LogP contribution is 2.02. The van der Waals surface area contributed by atoms with Crippen molar-refractivity contribution in [2.45, 2.75) is 39.2 Å². The predicted molar refractivity (Wildman–Crippen MR) is 70.2 cm³/mol. The molecule has 3 N–H and O–H groups in total. The van der Waals surface area contributed by atoms with Gasteiger partial charge >= 0.3 is 5.97 Å². The van der Waals surface area contributed by atoms with Crippen LogP contribution in [0, 0.1) is 6.92 Å². The summed E-state index contributed by atoms with van der Waals surface area (Å²) in [5.74, 6) is -1.75. The first-order valence-corrected chi connectivity index (χ1v) is 6.18. The molecule has 1 heterocycles. The molecule has 0 radical (unpaired) electrons. The third-order valence-corrected chi connectivity index (χ3v) is 2.75. The summed E-state index contributed by atoms with van der Waals surface area (Å²) in [6.07, 6.45) is 3.18. The molecule has 0 aliphatic carbocycles. The highest BCUT2D eigenvalue weighted by Gasteiger charge is 2.21. The molecule has 0 aromatic carbocycles. The van der Waals surface area contributed by atoms with Gasteiger partial charge in [-0.05, 0) is 13.3 Å². The van der Waals surface area contributed by atoms with Crippen LogP contribution in [0.15, 0.2) is 17.1 Å². The summed E-state index contributed by atoms with van der Waals surface area (Å²) >= 11 is 0. The highest BCUT2D eigenvalue weighted by atomic mass is 16.4. The average molecular weight is 266 g/mol. The van der Waals surface area contributed by atoms with Gasteiger partial charge < -0.3 is 15.4 Å². The molecule has 0 aliphatic heterocycles. The van der Waals surface area contributed by atoms with Gasteiger partial charge in [-0.2, -0.15) is 0 Å². The first-order valence-electron chi connectivity index (χ1n) is 6.18. The summed E-state index contributed by atoms with van der Waals surface area (Å²) in [6, 6.07) is 0.338. The number of unbranched alkanes of at least 4 members (excludes halogenated alkanes) is 1. The Morgan fingerprint density at radius 2 is 2.16 bits per heavy atom. The molecule has 1 aromatic rings. The molecule has 1 amide bonds. The maximum absolute atomic E-state index is 11.9. The highest BCUT2D eigenvalue weighted by molar-refractivity contribution is 5.96. The van der Waals surface area contributed by atoms with Crippen LogP contribution in [0.4, 0.5) is 0 Å². The molecule has 0 saturated heterocycles. The number of H-pyrrole nitrogens is 1. The molecular weight excluding hydrogens is 248 g/mol. The monoisotopic (exact) mass is 266 g/mol.